The van der Waals surface area contributed by atoms with Crippen molar-refractivity contribution in [3.05, 3.63) is 63.9 Å². The number of nitrogens with zero attached hydrogens (tertiary/aromatic N) is 2. The molecule has 29 heavy (non-hydrogen) atoms. The lowest BCUT2D eigenvalue weighted by Crippen LogP contribution is -2.27. The van der Waals surface area contributed by atoms with E-state index in [0.717, 1.165) is 42.5 Å². The third kappa shape index (κ3) is 4.22. The smallest absolute Gasteiger partial charge is 0.262 e. The Balaban J connectivity index is 1.59. The molecule has 0 aliphatic heterocycles. The number of thioether (sulfide) groups is 1. The number of aryl methyl sites for hydroxylation is 2. The van der Waals surface area contributed by atoms with Gasteiger partial charge in [-0.1, -0.05) is 54.4 Å². The molecule has 0 radical (unpaired) electrons. The molecule has 6 heteroatoms. The van der Waals surface area contributed by atoms with E-state index >= 15 is 0 Å². The first-order valence-electron chi connectivity index (χ1n) is 10.0. The highest BCUT2D eigenvalue weighted by Crippen LogP contribution is 2.32. The molecule has 1 saturated carbocycles. The Morgan fingerprint density at radius 3 is 2.69 bits per heavy atom. The second-order valence-corrected chi connectivity index (χ2v) is 8.62. The number of nitrogens with one attached hydrogen (secondary N) is 1. The highest BCUT2D eigenvalue weighted by Gasteiger charge is 2.23. The molecule has 0 spiro atoms. The fraction of sp³-hybridized carbons (Fsp3) is 0.348. The minimum Gasteiger partial charge on any atom is -0.325 e. The Bertz CT molecular complexity index is 1120. The van der Waals surface area contributed by atoms with Crippen LogP contribution in [0.25, 0.3) is 10.9 Å². The first-order chi connectivity index (χ1) is 14.0. The fourth-order valence-electron chi connectivity index (χ4n) is 3.98. The summed E-state index contributed by atoms with van der Waals surface area (Å²) in [4.78, 5) is 30.4. The van der Waals surface area contributed by atoms with Crippen molar-refractivity contribution >= 4 is 34.3 Å². The summed E-state index contributed by atoms with van der Waals surface area (Å²) in [5, 5.41) is 4.25. The summed E-state index contributed by atoms with van der Waals surface area (Å²) in [6.07, 6.45) is 4.23. The van der Waals surface area contributed by atoms with Crippen molar-refractivity contribution in [2.45, 2.75) is 50.7 Å². The van der Waals surface area contributed by atoms with E-state index in [2.05, 4.69) is 5.32 Å². The SMILES string of the molecule is Cc1ccc(NC(=O)CSc2nc3ccccc3c(=O)n2C2CCCC2)c(C)c1. The summed E-state index contributed by atoms with van der Waals surface area (Å²) in [7, 11) is 0. The van der Waals surface area contributed by atoms with Gasteiger partial charge in [0.25, 0.3) is 5.56 Å². The summed E-state index contributed by atoms with van der Waals surface area (Å²) in [6.45, 7) is 4.01. The first kappa shape index (κ1) is 19.7. The zero-order valence-corrected chi connectivity index (χ0v) is 17.6. The van der Waals surface area contributed by atoms with Crippen molar-refractivity contribution < 1.29 is 4.79 Å². The molecule has 1 aliphatic rings. The minimum absolute atomic E-state index is 0.000197. The van der Waals surface area contributed by atoms with Crippen LogP contribution in [-0.4, -0.2) is 21.2 Å². The van der Waals surface area contributed by atoms with Crippen LogP contribution in [0.3, 0.4) is 0 Å². The van der Waals surface area contributed by atoms with Gasteiger partial charge in [-0.2, -0.15) is 0 Å². The molecular weight excluding hydrogens is 382 g/mol. The Kier molecular flexibility index (Phi) is 5.72. The number of carbonyl (C=O) groups excluding carboxylic acids is 1. The van der Waals surface area contributed by atoms with E-state index in [1.807, 2.05) is 60.9 Å². The number of hydrogen-bond donors (Lipinski definition) is 1. The molecule has 0 atom stereocenters. The van der Waals surface area contributed by atoms with Crippen molar-refractivity contribution in [1.82, 2.24) is 9.55 Å². The average Bonchev–Trinajstić information content (AvgIpc) is 3.23. The van der Waals surface area contributed by atoms with E-state index in [9.17, 15) is 9.59 Å². The molecule has 1 fully saturated rings. The molecule has 5 nitrogen and oxygen atoms in total. The van der Waals surface area contributed by atoms with E-state index in [4.69, 9.17) is 4.98 Å². The minimum atomic E-state index is -0.0951. The van der Waals surface area contributed by atoms with Crippen molar-refractivity contribution in [1.29, 1.82) is 0 Å². The molecule has 0 unspecified atom stereocenters. The van der Waals surface area contributed by atoms with Gasteiger partial charge in [0, 0.05) is 11.7 Å². The summed E-state index contributed by atoms with van der Waals surface area (Å²) < 4.78 is 1.82. The lowest BCUT2D eigenvalue weighted by atomic mass is 10.1. The van der Waals surface area contributed by atoms with Crippen molar-refractivity contribution in [2.24, 2.45) is 0 Å². The number of carbonyl (C=O) groups is 1. The number of para-hydroxylation sites is 1. The van der Waals surface area contributed by atoms with Gasteiger partial charge < -0.3 is 5.32 Å². The van der Waals surface area contributed by atoms with Crippen molar-refractivity contribution in [3.8, 4) is 0 Å². The zero-order valence-electron chi connectivity index (χ0n) is 16.8. The van der Waals surface area contributed by atoms with Crippen molar-refractivity contribution in [3.63, 3.8) is 0 Å². The highest BCUT2D eigenvalue weighted by molar-refractivity contribution is 7.99. The zero-order chi connectivity index (χ0) is 20.4. The molecule has 2 aromatic carbocycles. The molecule has 1 amide bonds. The maximum absolute atomic E-state index is 13.2. The second-order valence-electron chi connectivity index (χ2n) is 7.68. The Labute approximate surface area is 174 Å². The summed E-state index contributed by atoms with van der Waals surface area (Å²) in [5.41, 5.74) is 3.70. The lowest BCUT2D eigenvalue weighted by Gasteiger charge is -2.18. The predicted molar refractivity (Wildman–Crippen MR) is 119 cm³/mol. The second kappa shape index (κ2) is 8.41. The van der Waals surface area contributed by atoms with E-state index in [0.29, 0.717) is 16.1 Å². The molecule has 1 aromatic heterocycles. The number of fused-ring (bicyclic) bond motifs is 1. The van der Waals surface area contributed by atoms with Gasteiger partial charge in [0.1, 0.15) is 0 Å². The number of rotatable bonds is 5. The van der Waals surface area contributed by atoms with Crippen LogP contribution in [0.1, 0.15) is 42.9 Å². The van der Waals surface area contributed by atoms with Crippen LogP contribution in [0, 0.1) is 13.8 Å². The van der Waals surface area contributed by atoms with Crippen LogP contribution < -0.4 is 10.9 Å². The third-order valence-corrected chi connectivity index (χ3v) is 6.41. The van der Waals surface area contributed by atoms with Gasteiger partial charge in [0.2, 0.25) is 5.91 Å². The highest BCUT2D eigenvalue weighted by atomic mass is 32.2. The maximum atomic E-state index is 13.2. The molecule has 1 N–H and O–H groups in total. The lowest BCUT2D eigenvalue weighted by molar-refractivity contribution is -0.113. The molecule has 3 aromatic rings. The van der Waals surface area contributed by atoms with Gasteiger partial charge in [0.05, 0.1) is 16.7 Å². The quantitative estimate of drug-likeness (QED) is 0.485. The Morgan fingerprint density at radius 1 is 1.17 bits per heavy atom. The number of aromatic nitrogens is 2. The van der Waals surface area contributed by atoms with Crippen LogP contribution in [0.15, 0.2) is 52.4 Å². The molecule has 150 valence electrons. The Morgan fingerprint density at radius 2 is 1.93 bits per heavy atom. The van der Waals surface area contributed by atoms with Crippen LogP contribution in [0.5, 0.6) is 0 Å². The van der Waals surface area contributed by atoms with Gasteiger partial charge in [-0.3, -0.25) is 14.2 Å². The van der Waals surface area contributed by atoms with Crippen LogP contribution in [0.2, 0.25) is 0 Å². The van der Waals surface area contributed by atoms with E-state index < -0.39 is 0 Å². The van der Waals surface area contributed by atoms with E-state index in [1.165, 1.54) is 11.8 Å². The van der Waals surface area contributed by atoms with Crippen molar-refractivity contribution in [2.75, 3.05) is 11.1 Å². The monoisotopic (exact) mass is 407 g/mol. The fourth-order valence-corrected chi connectivity index (χ4v) is 4.85. The predicted octanol–water partition coefficient (Wildman–Crippen LogP) is 4.86. The molecule has 1 heterocycles. The molecule has 1 aliphatic carbocycles. The van der Waals surface area contributed by atoms with Crippen LogP contribution in [-0.2, 0) is 4.79 Å². The molecule has 4 rings (SSSR count). The van der Waals surface area contributed by atoms with E-state index in [-0.39, 0.29) is 23.3 Å². The van der Waals surface area contributed by atoms with E-state index in [1.54, 1.807) is 0 Å². The average molecular weight is 408 g/mol. The molecule has 0 bridgehead atoms. The molecular formula is C23H25N3O2S. The molecule has 0 saturated heterocycles. The normalized spacial score (nSPS) is 14.4. The van der Waals surface area contributed by atoms with Crippen LogP contribution in [0.4, 0.5) is 5.69 Å². The number of anilines is 1. The first-order valence-corrected chi connectivity index (χ1v) is 11.0. The summed E-state index contributed by atoms with van der Waals surface area (Å²) in [5.74, 6) is 0.118. The summed E-state index contributed by atoms with van der Waals surface area (Å²) >= 11 is 1.34. The van der Waals surface area contributed by atoms with Crippen LogP contribution >= 0.6 is 11.8 Å². The number of amides is 1. The Hall–Kier alpha value is -2.60. The maximum Gasteiger partial charge on any atom is 0.262 e. The standard InChI is InChI=1S/C23H25N3O2S/c1-15-11-12-19(16(2)13-15)24-21(27)14-29-23-25-20-10-6-5-9-18(20)22(28)26(23)17-7-3-4-8-17/h5-6,9-13,17H,3-4,7-8,14H2,1-2H3,(H,24,27). The van der Waals surface area contributed by atoms with Gasteiger partial charge in [-0.25, -0.2) is 4.98 Å². The van der Waals surface area contributed by atoms with Gasteiger partial charge in [-0.05, 0) is 50.5 Å². The largest absolute Gasteiger partial charge is 0.325 e. The number of benzene rings is 2. The van der Waals surface area contributed by atoms with Gasteiger partial charge in [-0.15, -0.1) is 0 Å². The van der Waals surface area contributed by atoms with Gasteiger partial charge in [0.15, 0.2) is 5.16 Å². The summed E-state index contributed by atoms with van der Waals surface area (Å²) in [6, 6.07) is 13.6. The third-order valence-electron chi connectivity index (χ3n) is 5.45. The topological polar surface area (TPSA) is 64.0 Å². The van der Waals surface area contributed by atoms with Gasteiger partial charge >= 0.3 is 0 Å². The number of hydrogen-bond acceptors (Lipinski definition) is 4.